The van der Waals surface area contributed by atoms with Crippen LogP contribution in [0.15, 0.2) is 115 Å². The summed E-state index contributed by atoms with van der Waals surface area (Å²) in [6.45, 7) is 4.58. The van der Waals surface area contributed by atoms with E-state index < -0.39 is 26.5 Å². The number of imidazole rings is 1. The van der Waals surface area contributed by atoms with Crippen molar-refractivity contribution in [1.82, 2.24) is 14.5 Å². The van der Waals surface area contributed by atoms with Crippen LogP contribution in [0, 0.1) is 24.9 Å². The summed E-state index contributed by atoms with van der Waals surface area (Å²) in [5.41, 5.74) is 8.08. The first-order chi connectivity index (χ1) is 28.9. The van der Waals surface area contributed by atoms with Crippen LogP contribution in [-0.2, 0) is 31.9 Å². The van der Waals surface area contributed by atoms with E-state index in [4.69, 9.17) is 11.8 Å². The quantitative estimate of drug-likeness (QED) is 0.123. The topological polar surface area (TPSA) is 30.7 Å². The van der Waals surface area contributed by atoms with Crippen LogP contribution in [0.4, 0.5) is 0 Å². The van der Waals surface area contributed by atoms with Gasteiger partial charge in [0.2, 0.25) is 0 Å². The monoisotopic (exact) mass is 1010 g/mol. The number of rotatable bonds is 6. The first kappa shape index (κ1) is 35.1. The van der Waals surface area contributed by atoms with Crippen molar-refractivity contribution in [3.8, 4) is 28.3 Å². The molecule has 3 aromatic heterocycles. The van der Waals surface area contributed by atoms with Gasteiger partial charge in [-0.1, -0.05) is 68.6 Å². The van der Waals surface area contributed by atoms with Gasteiger partial charge in [0.05, 0.1) is 16.9 Å². The fourth-order valence-electron chi connectivity index (χ4n) is 7.74. The van der Waals surface area contributed by atoms with Gasteiger partial charge in [-0.15, -0.1) is 23.8 Å². The van der Waals surface area contributed by atoms with Gasteiger partial charge >= 0.3 is 157 Å². The van der Waals surface area contributed by atoms with Crippen molar-refractivity contribution < 1.29 is 27.0 Å². The third-order valence-corrected chi connectivity index (χ3v) is 16.2. The normalized spacial score (nSPS) is 15.5. The summed E-state index contributed by atoms with van der Waals surface area (Å²) in [5.74, 6) is 7.78. The number of para-hydroxylation sites is 2. The van der Waals surface area contributed by atoms with Crippen molar-refractivity contribution in [1.29, 1.82) is 0 Å². The van der Waals surface area contributed by atoms with E-state index in [1.165, 1.54) is 38.2 Å². The molecule has 0 N–H and O–H groups in total. The van der Waals surface area contributed by atoms with Crippen LogP contribution in [0.3, 0.4) is 0 Å². The zero-order valence-corrected chi connectivity index (χ0v) is 39.0. The minimum absolute atomic E-state index is 0. The maximum absolute atomic E-state index is 9.04. The molecule has 3 heterocycles. The first-order valence-electron chi connectivity index (χ1n) is 22.3. The molecule has 0 saturated heterocycles. The van der Waals surface area contributed by atoms with Crippen LogP contribution in [0.1, 0.15) is 76.4 Å². The Bertz CT molecular complexity index is 2830. The van der Waals surface area contributed by atoms with Crippen LogP contribution in [0.2, 0.25) is 17.3 Å². The van der Waals surface area contributed by atoms with Crippen LogP contribution in [-0.4, -0.2) is 27.8 Å². The zero-order valence-electron chi connectivity index (χ0n) is 38.7. The van der Waals surface area contributed by atoms with E-state index in [1.54, 1.807) is 12.1 Å². The largest absolute Gasteiger partial charge is 0 e. The van der Waals surface area contributed by atoms with Crippen molar-refractivity contribution in [3.05, 3.63) is 144 Å². The zero-order chi connectivity index (χ0) is 43.3. The second-order valence-corrected chi connectivity index (χ2v) is 28.8. The Balaban J connectivity index is 0.000000185. The molecule has 0 spiro atoms. The van der Waals surface area contributed by atoms with Crippen molar-refractivity contribution in [2.24, 2.45) is 5.92 Å². The Kier molecular flexibility index (Phi) is 10.6. The van der Waals surface area contributed by atoms with Gasteiger partial charge in [0, 0.05) is 30.5 Å². The molecule has 1 saturated carbocycles. The molecular weight excluding hydrogens is 951 g/mol. The number of benzene rings is 5. The summed E-state index contributed by atoms with van der Waals surface area (Å²) < 4.78 is 46.6. The van der Waals surface area contributed by atoms with Gasteiger partial charge in [0.15, 0.2) is 0 Å². The molecule has 293 valence electrons. The number of thiophene rings is 1. The average molecular weight is 1010 g/mol. The van der Waals surface area contributed by atoms with E-state index in [-0.39, 0.29) is 37.0 Å². The fraction of sp³-hybridized carbons (Fsp3) is 0.294. The average Bonchev–Trinajstić information content (AvgIpc) is 3.82. The molecule has 1 aliphatic rings. The number of nitrogens with zero attached hydrogens (tertiary/aromatic N) is 3. The van der Waals surface area contributed by atoms with Gasteiger partial charge in [-0.2, -0.15) is 11.3 Å². The van der Waals surface area contributed by atoms with Crippen LogP contribution in [0.5, 0.6) is 0 Å². The molecule has 1 radical (unpaired) electrons. The van der Waals surface area contributed by atoms with Gasteiger partial charge in [-0.05, 0) is 51.4 Å². The molecule has 57 heavy (non-hydrogen) atoms. The molecule has 8 aromatic rings. The van der Waals surface area contributed by atoms with Crippen LogP contribution >= 0.6 is 11.3 Å². The summed E-state index contributed by atoms with van der Waals surface area (Å²) in [6.07, 6.45) is 5.74. The van der Waals surface area contributed by atoms with E-state index in [0.717, 1.165) is 63.8 Å². The first-order valence-corrected chi connectivity index (χ1v) is 28.0. The number of hydrogen-bond acceptors (Lipinski definition) is 3. The molecule has 0 aliphatic heterocycles. The van der Waals surface area contributed by atoms with E-state index in [2.05, 4.69) is 139 Å². The molecule has 1 fully saturated rings. The van der Waals surface area contributed by atoms with E-state index >= 15 is 0 Å². The third-order valence-electron chi connectivity index (χ3n) is 10.9. The second kappa shape index (κ2) is 17.2. The fourth-order valence-corrected chi connectivity index (χ4v) is 11.8. The molecule has 0 amide bonds. The molecule has 0 unspecified atom stereocenters. The molecule has 3 nitrogen and oxygen atoms in total. The minimum Gasteiger partial charge on any atom is 0 e. The Hall–Kier alpha value is -3.87. The molecule has 9 rings (SSSR count). The van der Waals surface area contributed by atoms with Crippen molar-refractivity contribution in [3.63, 3.8) is 0 Å². The summed E-state index contributed by atoms with van der Waals surface area (Å²) >= 11 is -0.519. The summed E-state index contributed by atoms with van der Waals surface area (Å²) in [4.78, 5) is 9.66. The van der Waals surface area contributed by atoms with Crippen molar-refractivity contribution >= 4 is 60.2 Å². The number of fused-ring (bicyclic) bond motifs is 4. The van der Waals surface area contributed by atoms with Gasteiger partial charge < -0.3 is 4.57 Å². The Labute approximate surface area is 366 Å². The Morgan fingerprint density at radius 3 is 2.28 bits per heavy atom. The summed E-state index contributed by atoms with van der Waals surface area (Å²) in [5, 5.41) is 2.55. The van der Waals surface area contributed by atoms with Crippen molar-refractivity contribution in [2.75, 3.05) is 0 Å². The molecule has 1 aliphatic carbocycles. The summed E-state index contributed by atoms with van der Waals surface area (Å²) in [7, 11) is 0. The van der Waals surface area contributed by atoms with E-state index in [1.807, 2.05) is 29.7 Å². The molecule has 6 heteroatoms. The van der Waals surface area contributed by atoms with E-state index in [0.29, 0.717) is 11.3 Å². The predicted molar refractivity (Wildman–Crippen MR) is 243 cm³/mol. The SMILES string of the molecule is CC(C)(C)c1ccc(-n2c(-c3[c-]cc4c(c3)sc3ccccc34)nc3ccccc32)cc1.[2H]C([2H])([2H])c1c[c-]c(-c2cc(C([2H])([2H])C3CCCCC3)[c]([Ge]([CH3])([CH3])[CH3])cn2)cc1.[Ir]. The van der Waals surface area contributed by atoms with Gasteiger partial charge in [0.25, 0.3) is 0 Å². The standard InChI is InChI=1S/C29H23N2S.C22H30GeN.Ir/c1-29(2,3)20-13-15-21(16-14-20)31-25-10-6-5-9-24(25)30-28(31)19-12-17-23-22-8-4-7-11-26(22)32-27(23)18-19;1-17-10-12-19(13-11-17)22-15-20(14-18-8-6-5-7-9-18)21(16-24-22)23(2,3)4;/h4-11,13-18H,1-3H3;10-12,15-16,18H,5-9,14H2,1-4H3;/q2*-1;/i;1D3,14D2;. The smallest absolute Gasteiger partial charge is 0 e. The van der Waals surface area contributed by atoms with Gasteiger partial charge in [-0.25, -0.2) is 0 Å². The van der Waals surface area contributed by atoms with Gasteiger partial charge in [0.1, 0.15) is 0 Å². The molecule has 0 bridgehead atoms. The van der Waals surface area contributed by atoms with E-state index in [9.17, 15) is 0 Å². The molecule has 5 aromatic carbocycles. The number of aromatic nitrogens is 3. The van der Waals surface area contributed by atoms with Gasteiger partial charge in [-0.3, -0.25) is 4.98 Å². The third kappa shape index (κ3) is 9.08. The van der Waals surface area contributed by atoms with Crippen molar-refractivity contribution in [2.45, 2.75) is 88.8 Å². The summed E-state index contributed by atoms with van der Waals surface area (Å²) in [6, 6.07) is 43.4. The van der Waals surface area contributed by atoms with Crippen LogP contribution in [0.25, 0.3) is 59.5 Å². The minimum atomic E-state index is -2.35. The number of aryl methyl sites for hydroxylation is 1. The molecule has 0 atom stereocenters. The Morgan fingerprint density at radius 2 is 1.56 bits per heavy atom. The number of hydrogen-bond donors (Lipinski definition) is 0. The predicted octanol–water partition coefficient (Wildman–Crippen LogP) is 13.7. The Morgan fingerprint density at radius 1 is 0.825 bits per heavy atom. The maximum atomic E-state index is 9.04. The number of pyridine rings is 1. The second-order valence-electron chi connectivity index (χ2n) is 17.1. The maximum Gasteiger partial charge on any atom is 0 e. The van der Waals surface area contributed by atoms with Crippen LogP contribution < -0.4 is 4.40 Å². The molecular formula is C51H53GeIrN3S-2.